The molecule has 0 saturated carbocycles. The lowest BCUT2D eigenvalue weighted by molar-refractivity contribution is -0.138. The van der Waals surface area contributed by atoms with Crippen LogP contribution in [-0.4, -0.2) is 73.6 Å². The number of carbonyl (C=O) groups excluding carboxylic acids is 3. The highest BCUT2D eigenvalue weighted by Gasteiger charge is 2.52. The molecule has 0 bridgehead atoms. The van der Waals surface area contributed by atoms with Gasteiger partial charge in [-0.2, -0.15) is 0 Å². The van der Waals surface area contributed by atoms with Crippen molar-refractivity contribution >= 4 is 35.3 Å². The van der Waals surface area contributed by atoms with Gasteiger partial charge in [0.2, 0.25) is 5.91 Å². The number of methoxy groups -OCH3 is 1. The van der Waals surface area contributed by atoms with E-state index in [2.05, 4.69) is 16.0 Å². The topological polar surface area (TPSA) is 112 Å². The number of piperidine rings is 1. The summed E-state index contributed by atoms with van der Waals surface area (Å²) in [6, 6.07) is 14.9. The minimum absolute atomic E-state index is 0.00731. The third kappa shape index (κ3) is 5.04. The summed E-state index contributed by atoms with van der Waals surface area (Å²) in [5, 5.41) is 9.65. The summed E-state index contributed by atoms with van der Waals surface area (Å²) in [4.78, 5) is 43.1. The zero-order chi connectivity index (χ0) is 27.8. The average molecular weight is 564 g/mol. The molecule has 0 aromatic heterocycles. The Labute approximate surface area is 237 Å². The first-order chi connectivity index (χ1) is 19.4. The fourth-order valence-electron chi connectivity index (χ4n) is 5.86. The van der Waals surface area contributed by atoms with E-state index in [-0.39, 0.29) is 41.2 Å². The molecule has 0 spiro atoms. The van der Waals surface area contributed by atoms with E-state index in [0.717, 1.165) is 30.0 Å². The number of nitrogens with zero attached hydrogens (tertiary/aromatic N) is 2. The molecule has 4 aliphatic rings. The van der Waals surface area contributed by atoms with Gasteiger partial charge in [0.15, 0.2) is 0 Å². The van der Waals surface area contributed by atoms with Crippen LogP contribution in [0.3, 0.4) is 0 Å². The van der Waals surface area contributed by atoms with Crippen molar-refractivity contribution in [2.45, 2.75) is 37.2 Å². The van der Waals surface area contributed by atoms with Gasteiger partial charge in [0, 0.05) is 37.5 Å². The number of hydrogen-bond acceptors (Lipinski definition) is 7. The van der Waals surface area contributed by atoms with Gasteiger partial charge in [-0.3, -0.25) is 14.5 Å². The molecule has 6 rings (SSSR count). The number of nitrogens with one attached hydrogen (secondary N) is 3. The van der Waals surface area contributed by atoms with Crippen molar-refractivity contribution in [1.29, 1.82) is 0 Å². The molecule has 3 N–H and O–H groups in total. The number of amides is 4. The Morgan fingerprint density at radius 2 is 1.93 bits per heavy atom. The second-order valence-electron chi connectivity index (χ2n) is 10.5. The number of benzene rings is 2. The van der Waals surface area contributed by atoms with E-state index in [4.69, 9.17) is 9.47 Å². The summed E-state index contributed by atoms with van der Waals surface area (Å²) in [6.45, 7) is 4.09. The van der Waals surface area contributed by atoms with Crippen LogP contribution in [0.4, 0.5) is 10.5 Å². The Morgan fingerprint density at radius 3 is 2.67 bits per heavy atom. The lowest BCUT2D eigenvalue weighted by Crippen LogP contribution is -2.62. The molecule has 2 aromatic rings. The Hall–Kier alpha value is -3.54. The van der Waals surface area contributed by atoms with Crippen LogP contribution in [0.5, 0.6) is 11.5 Å². The van der Waals surface area contributed by atoms with E-state index in [1.165, 1.54) is 11.8 Å². The van der Waals surface area contributed by atoms with Crippen LogP contribution >= 0.6 is 11.8 Å². The summed E-state index contributed by atoms with van der Waals surface area (Å²) in [5.74, 6) is 1.25. The number of likely N-dealkylation sites (tertiary alicyclic amines) is 1. The van der Waals surface area contributed by atoms with E-state index in [1.54, 1.807) is 12.0 Å². The fraction of sp³-hybridized carbons (Fsp3) is 0.414. The van der Waals surface area contributed by atoms with Crippen molar-refractivity contribution in [2.75, 3.05) is 38.3 Å². The maximum atomic E-state index is 13.6. The van der Waals surface area contributed by atoms with Crippen molar-refractivity contribution < 1.29 is 23.9 Å². The number of ether oxygens (including phenoxy) is 2. The Kier molecular flexibility index (Phi) is 7.43. The van der Waals surface area contributed by atoms with Crippen LogP contribution in [-0.2, 0) is 14.3 Å². The number of thioether (sulfide) groups is 1. The molecule has 4 aliphatic heterocycles. The summed E-state index contributed by atoms with van der Waals surface area (Å²) < 4.78 is 11.0. The number of urea groups is 1. The third-order valence-corrected chi connectivity index (χ3v) is 9.20. The lowest BCUT2D eigenvalue weighted by Gasteiger charge is -2.46. The number of carbonyl (C=O) groups is 3. The van der Waals surface area contributed by atoms with Gasteiger partial charge >= 0.3 is 6.03 Å². The van der Waals surface area contributed by atoms with Crippen molar-refractivity contribution in [3.8, 4) is 11.5 Å². The van der Waals surface area contributed by atoms with Crippen LogP contribution in [0, 0.1) is 12.8 Å². The molecule has 3 unspecified atom stereocenters. The maximum absolute atomic E-state index is 13.6. The van der Waals surface area contributed by atoms with Crippen molar-refractivity contribution in [3.63, 3.8) is 0 Å². The van der Waals surface area contributed by atoms with Gasteiger partial charge in [-0.1, -0.05) is 30.0 Å². The number of rotatable bonds is 8. The summed E-state index contributed by atoms with van der Waals surface area (Å²) in [7, 11) is 1.57. The van der Waals surface area contributed by atoms with Gasteiger partial charge in [-0.15, -0.1) is 0 Å². The summed E-state index contributed by atoms with van der Waals surface area (Å²) >= 11 is 1.48. The predicted octanol–water partition coefficient (Wildman–Crippen LogP) is 2.94. The molecule has 4 amide bonds. The maximum Gasteiger partial charge on any atom is 0.326 e. The molecule has 10 nitrogen and oxygen atoms in total. The molecule has 2 aromatic carbocycles. The average Bonchev–Trinajstić information content (AvgIpc) is 3.30. The molecular formula is C29H33N5O5S. The quantitative estimate of drug-likeness (QED) is 0.453. The molecule has 40 heavy (non-hydrogen) atoms. The molecule has 3 fully saturated rings. The van der Waals surface area contributed by atoms with Gasteiger partial charge in [0.25, 0.3) is 5.91 Å². The molecule has 11 heteroatoms. The first-order valence-electron chi connectivity index (χ1n) is 13.6. The molecule has 3 saturated heterocycles. The second-order valence-corrected chi connectivity index (χ2v) is 11.6. The largest absolute Gasteiger partial charge is 0.457 e. The Morgan fingerprint density at radius 1 is 1.12 bits per heavy atom. The monoisotopic (exact) mass is 563 g/mol. The number of anilines is 1. The molecule has 210 valence electrons. The highest BCUT2D eigenvalue weighted by atomic mass is 32.2. The van der Waals surface area contributed by atoms with Crippen LogP contribution in [0.2, 0.25) is 0 Å². The van der Waals surface area contributed by atoms with Gasteiger partial charge in [-0.05, 0) is 55.8 Å². The minimum Gasteiger partial charge on any atom is -0.457 e. The van der Waals surface area contributed by atoms with E-state index in [1.807, 2.05) is 60.4 Å². The van der Waals surface area contributed by atoms with Crippen molar-refractivity contribution in [2.24, 2.45) is 5.92 Å². The highest BCUT2D eigenvalue weighted by molar-refractivity contribution is 8.04. The van der Waals surface area contributed by atoms with E-state index in [0.29, 0.717) is 42.5 Å². The zero-order valence-corrected chi connectivity index (χ0v) is 23.3. The summed E-state index contributed by atoms with van der Waals surface area (Å²) in [6.07, 6.45) is 1.11. The smallest absolute Gasteiger partial charge is 0.326 e. The first kappa shape index (κ1) is 26.7. The SMILES string of the molecule is COCCC(=O)N1CC(NC(=O)C2=C3NC(=O)N(c4ccc(Oc5ccccc5)cc4C)C4CCNC(S2)C34)C1. The van der Waals surface area contributed by atoms with Crippen molar-refractivity contribution in [1.82, 2.24) is 20.9 Å². The van der Waals surface area contributed by atoms with E-state index < -0.39 is 0 Å². The van der Waals surface area contributed by atoms with Gasteiger partial charge in [0.05, 0.1) is 35.4 Å². The standard InChI is InChI=1S/C29H33N5O5S/c1-17-14-20(39-19-6-4-3-5-7-19)8-9-21(17)34-22-10-12-30-28-24(22)25(32-29(34)37)26(40-28)27(36)31-18-15-33(16-18)23(35)11-13-38-2/h3-9,14,18,22,24,28,30H,10-13,15-16H2,1-2H3,(H,31,36)(H,32,37). The van der Waals surface area contributed by atoms with Gasteiger partial charge in [0.1, 0.15) is 11.5 Å². The van der Waals surface area contributed by atoms with Crippen molar-refractivity contribution in [3.05, 3.63) is 64.7 Å². The van der Waals surface area contributed by atoms with Crippen LogP contribution in [0.1, 0.15) is 18.4 Å². The fourth-order valence-corrected chi connectivity index (χ4v) is 7.26. The lowest BCUT2D eigenvalue weighted by atomic mass is 9.86. The number of para-hydroxylation sites is 1. The predicted molar refractivity (Wildman–Crippen MR) is 152 cm³/mol. The molecular weight excluding hydrogens is 530 g/mol. The van der Waals surface area contributed by atoms with Crippen LogP contribution in [0.15, 0.2) is 59.1 Å². The molecule has 4 heterocycles. The van der Waals surface area contributed by atoms with E-state index >= 15 is 0 Å². The number of hydrogen-bond donors (Lipinski definition) is 3. The Balaban J connectivity index is 1.17. The normalized spacial score (nSPS) is 23.9. The van der Waals surface area contributed by atoms with Crippen LogP contribution in [0.25, 0.3) is 0 Å². The molecule has 0 aliphatic carbocycles. The van der Waals surface area contributed by atoms with E-state index in [9.17, 15) is 14.4 Å². The molecule has 0 radical (unpaired) electrons. The summed E-state index contributed by atoms with van der Waals surface area (Å²) in [5.41, 5.74) is 2.46. The van der Waals surface area contributed by atoms with Gasteiger partial charge in [-0.25, -0.2) is 4.79 Å². The minimum atomic E-state index is -0.233. The second kappa shape index (κ2) is 11.1. The first-order valence-corrected chi connectivity index (χ1v) is 14.5. The zero-order valence-electron chi connectivity index (χ0n) is 22.5. The Bertz CT molecular complexity index is 1350. The highest BCUT2D eigenvalue weighted by Crippen LogP contribution is 2.48. The van der Waals surface area contributed by atoms with Gasteiger partial charge < -0.3 is 30.3 Å². The number of aryl methyl sites for hydroxylation is 1. The third-order valence-electron chi connectivity index (χ3n) is 7.84. The molecule has 3 atom stereocenters. The van der Waals surface area contributed by atoms with Crippen LogP contribution < -0.4 is 25.6 Å².